The van der Waals surface area contributed by atoms with E-state index in [2.05, 4.69) is 5.32 Å². The average molecular weight is 212 g/mol. The number of hydrogen-bond donors (Lipinski definition) is 3. The van der Waals surface area contributed by atoms with Crippen molar-refractivity contribution in [1.29, 1.82) is 0 Å². The fourth-order valence-corrected chi connectivity index (χ4v) is 1.49. The van der Waals surface area contributed by atoms with Gasteiger partial charge in [0.05, 0.1) is 12.8 Å². The molecule has 1 aliphatic heterocycles. The number of phenols is 1. The lowest BCUT2D eigenvalue weighted by Gasteiger charge is -2.35. The molecule has 1 aliphatic rings. The molecule has 0 atom stereocenters. The van der Waals surface area contributed by atoms with E-state index in [0.29, 0.717) is 25.4 Å². The zero-order valence-electron chi connectivity index (χ0n) is 8.15. The van der Waals surface area contributed by atoms with Crippen molar-refractivity contribution in [3.63, 3.8) is 0 Å². The highest BCUT2D eigenvalue weighted by Crippen LogP contribution is 2.19. The summed E-state index contributed by atoms with van der Waals surface area (Å²) >= 11 is 0. The van der Waals surface area contributed by atoms with Gasteiger partial charge in [0.2, 0.25) is 0 Å². The Bertz CT molecular complexity index is 353. The quantitative estimate of drug-likeness (QED) is 0.641. The number of phenolic OH excluding ortho intramolecular Hbond substituents is 1. The van der Waals surface area contributed by atoms with Gasteiger partial charge in [-0.05, 0) is 12.1 Å². The van der Waals surface area contributed by atoms with Gasteiger partial charge in [0.1, 0.15) is 0 Å². The third-order valence-corrected chi connectivity index (χ3v) is 2.39. The maximum absolute atomic E-state index is 12.9. The topological polar surface area (TPSA) is 55.7 Å². The summed E-state index contributed by atoms with van der Waals surface area (Å²) in [6, 6.07) is 4.16. The number of nitrogens with one attached hydrogen (secondary N) is 1. The molecule has 1 saturated heterocycles. The zero-order chi connectivity index (χ0) is 10.8. The first-order chi connectivity index (χ1) is 7.15. The Morgan fingerprint density at radius 1 is 1.47 bits per heavy atom. The molecule has 0 aliphatic carbocycles. The van der Waals surface area contributed by atoms with Gasteiger partial charge >= 0.3 is 0 Å². The number of benzene rings is 1. The summed E-state index contributed by atoms with van der Waals surface area (Å²) in [5.41, 5.74) is 0.617. The maximum atomic E-state index is 12.9. The number of hydrogen-bond acceptors (Lipinski definition) is 4. The number of halogens is 1. The molecule has 0 aromatic heterocycles. The van der Waals surface area contributed by atoms with E-state index >= 15 is 0 Å². The molecule has 5 heteroatoms. The van der Waals surface area contributed by atoms with Crippen LogP contribution in [0.3, 0.4) is 0 Å². The summed E-state index contributed by atoms with van der Waals surface area (Å²) in [6.07, 6.45) is -0.233. The Balaban J connectivity index is 1.86. The van der Waals surface area contributed by atoms with Gasteiger partial charge in [-0.25, -0.2) is 4.39 Å². The van der Waals surface area contributed by atoms with Crippen LogP contribution in [0.2, 0.25) is 0 Å². The standard InChI is InChI=1S/C10H13FN2O2/c11-9-3-7(1-2-10(9)15)12-6-13-4-8(14)5-13/h1-3,8,12,14-15H,4-6H2. The van der Waals surface area contributed by atoms with E-state index in [4.69, 9.17) is 10.2 Å². The second-order valence-corrected chi connectivity index (χ2v) is 3.69. The SMILES string of the molecule is Oc1ccc(NCN2CC(O)C2)cc1F. The van der Waals surface area contributed by atoms with Crippen molar-refractivity contribution in [1.82, 2.24) is 4.90 Å². The van der Waals surface area contributed by atoms with Crippen molar-refractivity contribution in [3.8, 4) is 5.75 Å². The average Bonchev–Trinajstić information content (AvgIpc) is 2.16. The lowest BCUT2D eigenvalue weighted by molar-refractivity contribution is 0.00712. The smallest absolute Gasteiger partial charge is 0.166 e. The fourth-order valence-electron chi connectivity index (χ4n) is 1.49. The third kappa shape index (κ3) is 2.37. The van der Waals surface area contributed by atoms with Crippen LogP contribution >= 0.6 is 0 Å². The van der Waals surface area contributed by atoms with E-state index in [9.17, 15) is 4.39 Å². The summed E-state index contributed by atoms with van der Waals surface area (Å²) in [5, 5.41) is 21.0. The molecule has 0 unspecified atom stereocenters. The van der Waals surface area contributed by atoms with Gasteiger partial charge in [-0.2, -0.15) is 0 Å². The number of aromatic hydroxyl groups is 1. The molecule has 4 nitrogen and oxygen atoms in total. The molecular weight excluding hydrogens is 199 g/mol. The lowest BCUT2D eigenvalue weighted by Crippen LogP contribution is -2.52. The molecule has 0 bridgehead atoms. The first-order valence-electron chi connectivity index (χ1n) is 4.78. The molecule has 0 saturated carbocycles. The first kappa shape index (κ1) is 10.2. The minimum atomic E-state index is -0.636. The van der Waals surface area contributed by atoms with E-state index in [-0.39, 0.29) is 11.9 Å². The molecule has 1 fully saturated rings. The number of anilines is 1. The van der Waals surface area contributed by atoms with Crippen molar-refractivity contribution in [2.45, 2.75) is 6.10 Å². The summed E-state index contributed by atoms with van der Waals surface area (Å²) in [7, 11) is 0. The van der Waals surface area contributed by atoms with Crippen LogP contribution in [0, 0.1) is 5.82 Å². The van der Waals surface area contributed by atoms with E-state index in [1.165, 1.54) is 12.1 Å². The van der Waals surface area contributed by atoms with Gasteiger partial charge in [0.25, 0.3) is 0 Å². The van der Waals surface area contributed by atoms with Crippen LogP contribution < -0.4 is 5.32 Å². The highest BCUT2D eigenvalue weighted by Gasteiger charge is 2.23. The van der Waals surface area contributed by atoms with Crippen molar-refractivity contribution < 1.29 is 14.6 Å². The molecule has 1 aromatic carbocycles. The number of β-amino-alcohol motifs (C(OH)–C–C–N with tert-alkyl or cyclic N) is 1. The summed E-state index contributed by atoms with van der Waals surface area (Å²) in [6.45, 7) is 1.86. The fraction of sp³-hybridized carbons (Fsp3) is 0.400. The summed E-state index contributed by atoms with van der Waals surface area (Å²) in [4.78, 5) is 2.00. The van der Waals surface area contributed by atoms with Crippen LogP contribution in [-0.2, 0) is 0 Å². The molecule has 2 rings (SSSR count). The molecule has 0 radical (unpaired) electrons. The van der Waals surface area contributed by atoms with Crippen molar-refractivity contribution in [2.24, 2.45) is 0 Å². The van der Waals surface area contributed by atoms with E-state index in [1.807, 2.05) is 4.90 Å². The molecular formula is C10H13FN2O2. The van der Waals surface area contributed by atoms with Gasteiger partial charge in [0, 0.05) is 24.8 Å². The van der Waals surface area contributed by atoms with Gasteiger partial charge in [0.15, 0.2) is 11.6 Å². The van der Waals surface area contributed by atoms with Crippen LogP contribution in [0.15, 0.2) is 18.2 Å². The van der Waals surface area contributed by atoms with Crippen LogP contribution in [0.5, 0.6) is 5.75 Å². The molecule has 0 amide bonds. The number of aliphatic hydroxyl groups is 1. The molecule has 1 aromatic rings. The van der Waals surface area contributed by atoms with Gasteiger partial charge in [-0.15, -0.1) is 0 Å². The summed E-state index contributed by atoms with van der Waals surface area (Å²) < 4.78 is 12.9. The Morgan fingerprint density at radius 2 is 2.20 bits per heavy atom. The number of aliphatic hydroxyl groups excluding tert-OH is 1. The zero-order valence-corrected chi connectivity index (χ0v) is 8.15. The molecule has 15 heavy (non-hydrogen) atoms. The Labute approximate surface area is 86.9 Å². The van der Waals surface area contributed by atoms with Gasteiger partial charge in [-0.3, -0.25) is 4.90 Å². The van der Waals surface area contributed by atoms with Gasteiger partial charge in [-0.1, -0.05) is 0 Å². The minimum absolute atomic E-state index is 0.233. The van der Waals surface area contributed by atoms with E-state index < -0.39 is 5.82 Å². The molecule has 3 N–H and O–H groups in total. The monoisotopic (exact) mass is 212 g/mol. The van der Waals surface area contributed by atoms with Crippen LogP contribution in [-0.4, -0.2) is 41.0 Å². The van der Waals surface area contributed by atoms with Crippen LogP contribution in [0.4, 0.5) is 10.1 Å². The predicted molar refractivity (Wildman–Crippen MR) is 54.1 cm³/mol. The number of rotatable bonds is 3. The second-order valence-electron chi connectivity index (χ2n) is 3.69. The Kier molecular flexibility index (Phi) is 2.75. The predicted octanol–water partition coefficient (Wildman–Crippen LogP) is 0.577. The maximum Gasteiger partial charge on any atom is 0.166 e. The Hall–Kier alpha value is -1.33. The first-order valence-corrected chi connectivity index (χ1v) is 4.78. The summed E-state index contributed by atoms with van der Waals surface area (Å²) in [5.74, 6) is -0.983. The Morgan fingerprint density at radius 3 is 2.80 bits per heavy atom. The van der Waals surface area contributed by atoms with Crippen molar-refractivity contribution >= 4 is 5.69 Å². The van der Waals surface area contributed by atoms with Crippen molar-refractivity contribution in [3.05, 3.63) is 24.0 Å². The lowest BCUT2D eigenvalue weighted by atomic mass is 10.2. The third-order valence-electron chi connectivity index (χ3n) is 2.39. The number of likely N-dealkylation sites (tertiary alicyclic amines) is 1. The molecule has 82 valence electrons. The molecule has 0 spiro atoms. The van der Waals surface area contributed by atoms with E-state index in [1.54, 1.807) is 6.07 Å². The van der Waals surface area contributed by atoms with Crippen LogP contribution in [0.1, 0.15) is 0 Å². The largest absolute Gasteiger partial charge is 0.505 e. The highest BCUT2D eigenvalue weighted by atomic mass is 19.1. The normalized spacial score (nSPS) is 17.5. The van der Waals surface area contributed by atoms with Crippen molar-refractivity contribution in [2.75, 3.05) is 25.1 Å². The number of nitrogens with zero attached hydrogens (tertiary/aromatic N) is 1. The minimum Gasteiger partial charge on any atom is -0.505 e. The van der Waals surface area contributed by atoms with Gasteiger partial charge < -0.3 is 15.5 Å². The van der Waals surface area contributed by atoms with E-state index in [0.717, 1.165) is 0 Å². The van der Waals surface area contributed by atoms with Crippen LogP contribution in [0.25, 0.3) is 0 Å². The highest BCUT2D eigenvalue weighted by molar-refractivity contribution is 5.46. The second kappa shape index (κ2) is 4.04. The molecule has 1 heterocycles.